The Bertz CT molecular complexity index is 647. The van der Waals surface area contributed by atoms with Gasteiger partial charge in [0.1, 0.15) is 11.6 Å². The van der Waals surface area contributed by atoms with Crippen molar-refractivity contribution in [1.29, 1.82) is 0 Å². The van der Waals surface area contributed by atoms with Crippen LogP contribution >= 0.6 is 0 Å². The molecule has 1 amide bonds. The molecule has 0 bridgehead atoms. The summed E-state index contributed by atoms with van der Waals surface area (Å²) in [4.78, 5) is 13.5. The number of unbranched alkanes of at least 4 members (excludes halogenated alkanes) is 2. The van der Waals surface area contributed by atoms with Crippen molar-refractivity contribution >= 4 is 17.5 Å². The molecule has 0 atom stereocenters. The zero-order valence-electron chi connectivity index (χ0n) is 12.7. The topological polar surface area (TPSA) is 29.5 Å². The monoisotopic (exact) mass is 318 g/mol. The maximum absolute atomic E-state index is 14.1. The molecule has 23 heavy (non-hydrogen) atoms. The van der Waals surface area contributed by atoms with Crippen LogP contribution in [0.1, 0.15) is 19.3 Å². The van der Waals surface area contributed by atoms with Crippen molar-refractivity contribution in [1.82, 2.24) is 0 Å². The molecule has 0 saturated heterocycles. The Balaban J connectivity index is 2.27. The average Bonchev–Trinajstić information content (AvgIpc) is 2.55. The minimum absolute atomic E-state index is 0.0558. The van der Waals surface area contributed by atoms with Crippen molar-refractivity contribution in [2.45, 2.75) is 19.3 Å². The predicted molar refractivity (Wildman–Crippen MR) is 85.5 cm³/mol. The van der Waals surface area contributed by atoms with Gasteiger partial charge in [-0.25, -0.2) is 18.5 Å². The number of anilines is 2. The van der Waals surface area contributed by atoms with Gasteiger partial charge in [0.15, 0.2) is 0 Å². The molecule has 121 valence electrons. The molecular formula is C18H18F2NO2. The van der Waals surface area contributed by atoms with E-state index in [0.717, 1.165) is 29.9 Å². The molecule has 2 aromatic rings. The average molecular weight is 318 g/mol. The van der Waals surface area contributed by atoms with E-state index in [9.17, 15) is 13.6 Å². The van der Waals surface area contributed by atoms with E-state index in [1.54, 1.807) is 30.3 Å². The molecule has 0 fully saturated rings. The lowest BCUT2D eigenvalue weighted by Crippen LogP contribution is -2.28. The molecule has 3 nitrogen and oxygen atoms in total. The number of ether oxygens (including phenoxy) is 1. The molecule has 1 radical (unpaired) electrons. The molecule has 2 aromatic carbocycles. The number of nitrogens with zero attached hydrogens (tertiary/aromatic N) is 1. The van der Waals surface area contributed by atoms with Crippen LogP contribution in [-0.4, -0.2) is 12.7 Å². The van der Waals surface area contributed by atoms with Gasteiger partial charge in [-0.15, -0.1) is 0 Å². The Labute approximate surface area is 134 Å². The van der Waals surface area contributed by atoms with Crippen LogP contribution in [0.4, 0.5) is 25.0 Å². The number of hydrogen-bond acceptors (Lipinski definition) is 2. The zero-order chi connectivity index (χ0) is 16.7. The summed E-state index contributed by atoms with van der Waals surface area (Å²) in [6.45, 7) is 3.94. The number of carbonyl (C=O) groups excluding carboxylic acids is 1. The summed E-state index contributed by atoms with van der Waals surface area (Å²) in [6, 6.07) is 11.6. The fourth-order valence-electron chi connectivity index (χ4n) is 2.09. The number of para-hydroxylation sites is 1. The minimum atomic E-state index is -0.830. The van der Waals surface area contributed by atoms with Crippen LogP contribution in [0.3, 0.4) is 0 Å². The number of carbonyl (C=O) groups is 1. The van der Waals surface area contributed by atoms with Crippen LogP contribution in [0.2, 0.25) is 0 Å². The van der Waals surface area contributed by atoms with E-state index in [2.05, 4.69) is 6.92 Å². The second-order valence-electron chi connectivity index (χ2n) is 4.94. The number of amides is 1. The van der Waals surface area contributed by atoms with Gasteiger partial charge in [-0.05, 0) is 30.7 Å². The second kappa shape index (κ2) is 8.27. The lowest BCUT2D eigenvalue weighted by atomic mass is 10.2. The molecular weight excluding hydrogens is 300 g/mol. The highest BCUT2D eigenvalue weighted by atomic mass is 19.1. The van der Waals surface area contributed by atoms with Crippen molar-refractivity contribution in [2.24, 2.45) is 0 Å². The molecule has 0 unspecified atom stereocenters. The number of hydrogen-bond donors (Lipinski definition) is 0. The summed E-state index contributed by atoms with van der Waals surface area (Å²) >= 11 is 0. The first-order chi connectivity index (χ1) is 11.1. The Hall–Kier alpha value is -2.43. The summed E-state index contributed by atoms with van der Waals surface area (Å²) in [7, 11) is 0. The largest absolute Gasteiger partial charge is 0.449 e. The minimum Gasteiger partial charge on any atom is -0.449 e. The quantitative estimate of drug-likeness (QED) is 0.681. The standard InChI is InChI=1S/C18H18F2NO2/c1-2-3-7-12-23-18(22)21(15-8-5-4-6-9-15)17-11-10-14(19)13-16(17)20/h4-6,8-11,13H,1-3,7,12H2. The fraction of sp³-hybridized carbons (Fsp3) is 0.222. The van der Waals surface area contributed by atoms with Crippen LogP contribution in [-0.2, 0) is 4.74 Å². The summed E-state index contributed by atoms with van der Waals surface area (Å²) < 4.78 is 32.4. The van der Waals surface area contributed by atoms with Gasteiger partial charge in [0.05, 0.1) is 18.0 Å². The third-order valence-corrected chi connectivity index (χ3v) is 3.22. The van der Waals surface area contributed by atoms with Crippen molar-refractivity contribution in [3.63, 3.8) is 0 Å². The van der Waals surface area contributed by atoms with E-state index in [1.165, 1.54) is 6.07 Å². The van der Waals surface area contributed by atoms with E-state index in [1.807, 2.05) is 0 Å². The van der Waals surface area contributed by atoms with E-state index >= 15 is 0 Å². The van der Waals surface area contributed by atoms with Gasteiger partial charge in [-0.2, -0.15) is 0 Å². The van der Waals surface area contributed by atoms with E-state index in [4.69, 9.17) is 4.74 Å². The highest BCUT2D eigenvalue weighted by Crippen LogP contribution is 2.29. The zero-order valence-corrected chi connectivity index (χ0v) is 12.7. The van der Waals surface area contributed by atoms with E-state index in [-0.39, 0.29) is 12.3 Å². The maximum Gasteiger partial charge on any atom is 0.419 e. The molecule has 0 spiro atoms. The number of halogens is 2. The third-order valence-electron chi connectivity index (χ3n) is 3.22. The highest BCUT2D eigenvalue weighted by Gasteiger charge is 2.22. The highest BCUT2D eigenvalue weighted by molar-refractivity contribution is 5.96. The van der Waals surface area contributed by atoms with Crippen LogP contribution in [0.15, 0.2) is 48.5 Å². The van der Waals surface area contributed by atoms with Crippen molar-refractivity contribution < 1.29 is 18.3 Å². The molecule has 5 heteroatoms. The van der Waals surface area contributed by atoms with Gasteiger partial charge in [0.25, 0.3) is 0 Å². The molecule has 0 saturated carbocycles. The first-order valence-corrected chi connectivity index (χ1v) is 7.39. The summed E-state index contributed by atoms with van der Waals surface area (Å²) in [5, 5.41) is 0. The smallest absolute Gasteiger partial charge is 0.419 e. The van der Waals surface area contributed by atoms with E-state index in [0.29, 0.717) is 12.1 Å². The predicted octanol–water partition coefficient (Wildman–Crippen LogP) is 5.24. The van der Waals surface area contributed by atoms with Crippen LogP contribution in [0, 0.1) is 18.6 Å². The van der Waals surface area contributed by atoms with Gasteiger partial charge in [-0.1, -0.05) is 38.0 Å². The molecule has 0 aliphatic carbocycles. The lowest BCUT2D eigenvalue weighted by molar-refractivity contribution is 0.154. The number of benzene rings is 2. The van der Waals surface area contributed by atoms with Crippen LogP contribution in [0.5, 0.6) is 0 Å². The van der Waals surface area contributed by atoms with Crippen LogP contribution in [0.25, 0.3) is 0 Å². The van der Waals surface area contributed by atoms with Gasteiger partial charge in [0.2, 0.25) is 0 Å². The summed E-state index contributed by atoms with van der Waals surface area (Å²) in [5.74, 6) is -1.54. The van der Waals surface area contributed by atoms with Gasteiger partial charge in [-0.3, -0.25) is 0 Å². The van der Waals surface area contributed by atoms with Gasteiger partial charge in [0, 0.05) is 6.07 Å². The fourth-order valence-corrected chi connectivity index (χ4v) is 2.09. The lowest BCUT2D eigenvalue weighted by Gasteiger charge is -2.22. The Morgan fingerprint density at radius 2 is 1.83 bits per heavy atom. The molecule has 0 heterocycles. The van der Waals surface area contributed by atoms with Gasteiger partial charge >= 0.3 is 6.09 Å². The van der Waals surface area contributed by atoms with Gasteiger partial charge < -0.3 is 4.74 Å². The van der Waals surface area contributed by atoms with Crippen molar-refractivity contribution in [3.05, 3.63) is 67.1 Å². The number of rotatable bonds is 6. The molecule has 0 aliphatic heterocycles. The second-order valence-corrected chi connectivity index (χ2v) is 4.94. The van der Waals surface area contributed by atoms with Crippen molar-refractivity contribution in [2.75, 3.05) is 11.5 Å². The first kappa shape index (κ1) is 16.9. The SMILES string of the molecule is [CH2]CCCCOC(=O)N(c1ccccc1)c1ccc(F)cc1F. The molecule has 0 aromatic heterocycles. The van der Waals surface area contributed by atoms with E-state index < -0.39 is 17.7 Å². The maximum atomic E-state index is 14.1. The summed E-state index contributed by atoms with van der Waals surface area (Å²) in [6.07, 6.45) is 1.57. The Morgan fingerprint density at radius 1 is 1.09 bits per heavy atom. The molecule has 0 N–H and O–H groups in total. The Morgan fingerprint density at radius 3 is 2.48 bits per heavy atom. The van der Waals surface area contributed by atoms with Crippen LogP contribution < -0.4 is 4.90 Å². The summed E-state index contributed by atoms with van der Waals surface area (Å²) in [5.41, 5.74) is 0.389. The third kappa shape index (κ3) is 4.52. The molecule has 2 rings (SSSR count). The normalized spacial score (nSPS) is 10.4. The Kier molecular flexibility index (Phi) is 6.09. The van der Waals surface area contributed by atoms with Crippen molar-refractivity contribution in [3.8, 4) is 0 Å². The first-order valence-electron chi connectivity index (χ1n) is 7.39. The molecule has 0 aliphatic rings.